The fourth-order valence-electron chi connectivity index (χ4n) is 1.66. The lowest BCUT2D eigenvalue weighted by Crippen LogP contribution is -2.06. The van der Waals surface area contributed by atoms with Gasteiger partial charge < -0.3 is 4.74 Å². The van der Waals surface area contributed by atoms with E-state index in [4.69, 9.17) is 10.00 Å². The maximum absolute atomic E-state index is 12.6. The SMILES string of the molecule is N#Cc1cc(C(F)(F)F)ccc1OCc1ccc(Br)cc1. The Morgan fingerprint density at radius 3 is 2.33 bits per heavy atom. The number of alkyl halides is 3. The molecule has 2 nitrogen and oxygen atoms in total. The molecule has 2 rings (SSSR count). The Morgan fingerprint density at radius 2 is 1.76 bits per heavy atom. The molecule has 0 spiro atoms. The van der Waals surface area contributed by atoms with E-state index in [-0.39, 0.29) is 17.9 Å². The second-order valence-corrected chi connectivity index (χ2v) is 5.15. The third kappa shape index (κ3) is 3.99. The summed E-state index contributed by atoms with van der Waals surface area (Å²) in [6.45, 7) is 0.174. The van der Waals surface area contributed by atoms with E-state index in [9.17, 15) is 13.2 Å². The first-order valence-electron chi connectivity index (χ1n) is 5.89. The largest absolute Gasteiger partial charge is 0.488 e. The van der Waals surface area contributed by atoms with Crippen molar-refractivity contribution in [2.24, 2.45) is 0 Å². The molecule has 0 saturated carbocycles. The summed E-state index contributed by atoms with van der Waals surface area (Å²) >= 11 is 3.30. The van der Waals surface area contributed by atoms with Gasteiger partial charge in [-0.3, -0.25) is 0 Å². The van der Waals surface area contributed by atoms with Crippen LogP contribution >= 0.6 is 15.9 Å². The van der Waals surface area contributed by atoms with Crippen LogP contribution in [-0.4, -0.2) is 0 Å². The Hall–Kier alpha value is -2.00. The van der Waals surface area contributed by atoms with Gasteiger partial charge in [-0.15, -0.1) is 0 Å². The highest BCUT2D eigenvalue weighted by Crippen LogP contribution is 2.32. The molecule has 0 unspecified atom stereocenters. The fourth-order valence-corrected chi connectivity index (χ4v) is 1.93. The maximum atomic E-state index is 12.6. The average Bonchev–Trinajstić information content (AvgIpc) is 2.45. The second kappa shape index (κ2) is 6.19. The van der Waals surface area contributed by atoms with Crippen molar-refractivity contribution in [2.75, 3.05) is 0 Å². The van der Waals surface area contributed by atoms with E-state index in [1.165, 1.54) is 6.07 Å². The molecule has 0 aliphatic rings. The Kier molecular flexibility index (Phi) is 4.53. The van der Waals surface area contributed by atoms with Crippen LogP contribution in [0.3, 0.4) is 0 Å². The molecule has 6 heteroatoms. The molecule has 2 aromatic carbocycles. The maximum Gasteiger partial charge on any atom is 0.416 e. The third-order valence-corrected chi connectivity index (χ3v) is 3.26. The van der Waals surface area contributed by atoms with E-state index in [1.807, 2.05) is 24.3 Å². The number of hydrogen-bond donors (Lipinski definition) is 0. The van der Waals surface area contributed by atoms with Crippen molar-refractivity contribution >= 4 is 15.9 Å². The Morgan fingerprint density at radius 1 is 1.10 bits per heavy atom. The Labute approximate surface area is 127 Å². The molecule has 0 N–H and O–H groups in total. The van der Waals surface area contributed by atoms with E-state index in [1.54, 1.807) is 6.07 Å². The van der Waals surface area contributed by atoms with Gasteiger partial charge in [0.05, 0.1) is 11.1 Å². The highest BCUT2D eigenvalue weighted by Gasteiger charge is 2.31. The predicted molar refractivity (Wildman–Crippen MR) is 74.6 cm³/mol. The van der Waals surface area contributed by atoms with Gasteiger partial charge in [-0.25, -0.2) is 0 Å². The standard InChI is InChI=1S/C15H9BrF3NO/c16-13-4-1-10(2-5-13)9-21-14-6-3-12(15(17,18)19)7-11(14)8-20/h1-7H,9H2. The zero-order valence-corrected chi connectivity index (χ0v) is 12.2. The topological polar surface area (TPSA) is 33.0 Å². The summed E-state index contributed by atoms with van der Waals surface area (Å²) in [5.41, 5.74) is -0.154. The number of ether oxygens (including phenoxy) is 1. The summed E-state index contributed by atoms with van der Waals surface area (Å²) in [7, 11) is 0. The van der Waals surface area contributed by atoms with E-state index < -0.39 is 11.7 Å². The van der Waals surface area contributed by atoms with Crippen LogP contribution < -0.4 is 4.74 Å². The van der Waals surface area contributed by atoms with Gasteiger partial charge in [-0.1, -0.05) is 28.1 Å². The monoisotopic (exact) mass is 355 g/mol. The van der Waals surface area contributed by atoms with E-state index in [2.05, 4.69) is 15.9 Å². The molecule has 0 bridgehead atoms. The molecule has 0 fully saturated rings. The predicted octanol–water partition coefficient (Wildman–Crippen LogP) is 4.92. The summed E-state index contributed by atoms with van der Waals surface area (Å²) in [4.78, 5) is 0. The summed E-state index contributed by atoms with van der Waals surface area (Å²) in [5.74, 6) is 0.133. The van der Waals surface area contributed by atoms with Crippen LogP contribution in [0, 0.1) is 11.3 Å². The van der Waals surface area contributed by atoms with Crippen molar-refractivity contribution < 1.29 is 17.9 Å². The van der Waals surface area contributed by atoms with Gasteiger partial charge in [0.15, 0.2) is 0 Å². The summed E-state index contributed by atoms with van der Waals surface area (Å²) < 4.78 is 44.0. The molecule has 108 valence electrons. The highest BCUT2D eigenvalue weighted by molar-refractivity contribution is 9.10. The second-order valence-electron chi connectivity index (χ2n) is 4.24. The molecule has 0 heterocycles. The van der Waals surface area contributed by atoms with Crippen molar-refractivity contribution in [3.8, 4) is 11.8 Å². The van der Waals surface area contributed by atoms with Crippen molar-refractivity contribution in [1.29, 1.82) is 5.26 Å². The number of benzene rings is 2. The highest BCUT2D eigenvalue weighted by atomic mass is 79.9. The minimum atomic E-state index is -4.48. The normalized spacial score (nSPS) is 11.0. The first kappa shape index (κ1) is 15.4. The molecular formula is C15H9BrF3NO. The lowest BCUT2D eigenvalue weighted by Gasteiger charge is -2.11. The fraction of sp³-hybridized carbons (Fsp3) is 0.133. The number of nitriles is 1. The molecule has 0 aliphatic carbocycles. The van der Waals surface area contributed by atoms with Gasteiger partial charge in [-0.2, -0.15) is 18.4 Å². The molecule has 0 aliphatic heterocycles. The van der Waals surface area contributed by atoms with E-state index in [0.29, 0.717) is 0 Å². The van der Waals surface area contributed by atoms with Crippen LogP contribution in [0.5, 0.6) is 5.75 Å². The van der Waals surface area contributed by atoms with Gasteiger partial charge in [0.25, 0.3) is 0 Å². The molecule has 0 amide bonds. The van der Waals surface area contributed by atoms with Gasteiger partial charge in [0.2, 0.25) is 0 Å². The minimum Gasteiger partial charge on any atom is -0.488 e. The van der Waals surface area contributed by atoms with Gasteiger partial charge in [-0.05, 0) is 35.9 Å². The number of nitrogens with zero attached hydrogens (tertiary/aromatic N) is 1. The van der Waals surface area contributed by atoms with Crippen LogP contribution in [0.25, 0.3) is 0 Å². The van der Waals surface area contributed by atoms with Gasteiger partial charge in [0, 0.05) is 4.47 Å². The summed E-state index contributed by atoms with van der Waals surface area (Å²) in [5, 5.41) is 8.94. The molecule has 0 saturated heterocycles. The number of halogens is 4. The van der Waals surface area contributed by atoms with Crippen molar-refractivity contribution in [1.82, 2.24) is 0 Å². The van der Waals surface area contributed by atoms with Crippen LogP contribution in [0.4, 0.5) is 13.2 Å². The molecule has 0 atom stereocenters. The molecule has 2 aromatic rings. The van der Waals surface area contributed by atoms with Crippen molar-refractivity contribution in [2.45, 2.75) is 12.8 Å². The zero-order valence-electron chi connectivity index (χ0n) is 10.6. The van der Waals surface area contributed by atoms with Crippen molar-refractivity contribution in [3.63, 3.8) is 0 Å². The molecular weight excluding hydrogens is 347 g/mol. The third-order valence-electron chi connectivity index (χ3n) is 2.73. The van der Waals surface area contributed by atoms with Crippen LogP contribution in [0.2, 0.25) is 0 Å². The summed E-state index contributed by atoms with van der Waals surface area (Å²) in [6.07, 6.45) is -4.48. The number of hydrogen-bond acceptors (Lipinski definition) is 2. The van der Waals surface area contributed by atoms with Gasteiger partial charge in [0.1, 0.15) is 18.4 Å². The van der Waals surface area contributed by atoms with Gasteiger partial charge >= 0.3 is 6.18 Å². The van der Waals surface area contributed by atoms with Crippen molar-refractivity contribution in [3.05, 3.63) is 63.6 Å². The van der Waals surface area contributed by atoms with E-state index >= 15 is 0 Å². The quantitative estimate of drug-likeness (QED) is 0.782. The summed E-state index contributed by atoms with van der Waals surface area (Å²) in [6, 6.07) is 11.9. The lowest BCUT2D eigenvalue weighted by molar-refractivity contribution is -0.137. The lowest BCUT2D eigenvalue weighted by atomic mass is 10.1. The van der Waals surface area contributed by atoms with Crippen LogP contribution in [0.1, 0.15) is 16.7 Å². The molecule has 0 aromatic heterocycles. The molecule has 0 radical (unpaired) electrons. The first-order valence-corrected chi connectivity index (χ1v) is 6.68. The minimum absolute atomic E-state index is 0.133. The average molecular weight is 356 g/mol. The smallest absolute Gasteiger partial charge is 0.416 e. The first-order chi connectivity index (χ1) is 9.90. The zero-order chi connectivity index (χ0) is 15.5. The van der Waals surface area contributed by atoms with Crippen LogP contribution in [-0.2, 0) is 12.8 Å². The van der Waals surface area contributed by atoms with E-state index in [0.717, 1.165) is 22.2 Å². The van der Waals surface area contributed by atoms with Crippen LogP contribution in [0.15, 0.2) is 46.9 Å². The Bertz CT molecular complexity index is 675. The number of rotatable bonds is 3. The molecule has 21 heavy (non-hydrogen) atoms. The Balaban J connectivity index is 2.17.